The van der Waals surface area contributed by atoms with Gasteiger partial charge in [0, 0.05) is 24.6 Å². The summed E-state index contributed by atoms with van der Waals surface area (Å²) in [6, 6.07) is 0. The van der Waals surface area contributed by atoms with Crippen molar-refractivity contribution in [2.45, 2.75) is 19.8 Å². The maximum absolute atomic E-state index is 5.57. The molecule has 1 heterocycles. The molecule has 0 aromatic carbocycles. The van der Waals surface area contributed by atoms with E-state index in [9.17, 15) is 0 Å². The molecule has 0 aromatic heterocycles. The molecule has 0 aromatic rings. The van der Waals surface area contributed by atoms with Crippen molar-refractivity contribution in [3.8, 4) is 0 Å². The first-order valence-electron chi connectivity index (χ1n) is 5.00. The maximum Gasteiger partial charge on any atom is 0.0377 e. The molecule has 14 heavy (non-hydrogen) atoms. The quantitative estimate of drug-likeness (QED) is 0.738. The van der Waals surface area contributed by atoms with Crippen LogP contribution in [0.4, 0.5) is 0 Å². The van der Waals surface area contributed by atoms with E-state index in [-0.39, 0.29) is 0 Å². The molecule has 0 amide bonds. The standard InChI is InChI=1S/C12H18N2/c1-3-4-5-8-14-10-12(9-13)7-6-11(14)2/h5-8,10H,2-4,9,13H2,1H3/b8-5-. The second-order valence-corrected chi connectivity index (χ2v) is 3.31. The zero-order valence-corrected chi connectivity index (χ0v) is 8.74. The lowest BCUT2D eigenvalue weighted by atomic mass is 10.2. The van der Waals surface area contributed by atoms with Crippen molar-refractivity contribution in [2.24, 2.45) is 5.73 Å². The van der Waals surface area contributed by atoms with E-state index >= 15 is 0 Å². The molecule has 1 rings (SSSR count). The van der Waals surface area contributed by atoms with Crippen LogP contribution in [0.5, 0.6) is 0 Å². The van der Waals surface area contributed by atoms with Crippen LogP contribution in [0.15, 0.2) is 48.5 Å². The normalized spacial score (nSPS) is 16.6. The molecule has 1 aliphatic rings. The topological polar surface area (TPSA) is 29.3 Å². The Morgan fingerprint density at radius 3 is 2.93 bits per heavy atom. The van der Waals surface area contributed by atoms with E-state index in [2.05, 4.69) is 19.6 Å². The minimum Gasteiger partial charge on any atom is -0.326 e. The van der Waals surface area contributed by atoms with Crippen molar-refractivity contribution in [1.82, 2.24) is 4.90 Å². The van der Waals surface area contributed by atoms with Crippen LogP contribution in [0.2, 0.25) is 0 Å². The van der Waals surface area contributed by atoms with Gasteiger partial charge in [0.25, 0.3) is 0 Å². The highest BCUT2D eigenvalue weighted by Gasteiger charge is 2.04. The fourth-order valence-corrected chi connectivity index (χ4v) is 1.21. The largest absolute Gasteiger partial charge is 0.326 e. The number of nitrogens with two attached hydrogens (primary N) is 1. The average molecular weight is 190 g/mol. The molecular weight excluding hydrogens is 172 g/mol. The third-order valence-electron chi connectivity index (χ3n) is 2.08. The fourth-order valence-electron chi connectivity index (χ4n) is 1.21. The van der Waals surface area contributed by atoms with E-state index in [4.69, 9.17) is 5.73 Å². The smallest absolute Gasteiger partial charge is 0.0377 e. The highest BCUT2D eigenvalue weighted by Crippen LogP contribution is 2.15. The van der Waals surface area contributed by atoms with Crippen molar-refractivity contribution in [3.63, 3.8) is 0 Å². The maximum atomic E-state index is 5.57. The molecule has 1 aliphatic heterocycles. The van der Waals surface area contributed by atoms with E-state index in [1.807, 2.05) is 29.5 Å². The van der Waals surface area contributed by atoms with Crippen LogP contribution in [-0.4, -0.2) is 11.4 Å². The van der Waals surface area contributed by atoms with E-state index in [0.717, 1.165) is 17.7 Å². The molecule has 0 unspecified atom stereocenters. The lowest BCUT2D eigenvalue weighted by Gasteiger charge is -2.20. The monoisotopic (exact) mass is 190 g/mol. The Morgan fingerprint density at radius 2 is 2.29 bits per heavy atom. The van der Waals surface area contributed by atoms with Crippen molar-refractivity contribution in [1.29, 1.82) is 0 Å². The molecule has 0 fully saturated rings. The lowest BCUT2D eigenvalue weighted by molar-refractivity contribution is 0.635. The number of nitrogens with zero attached hydrogens (tertiary/aromatic N) is 1. The summed E-state index contributed by atoms with van der Waals surface area (Å²) in [6.45, 7) is 6.68. The predicted octanol–water partition coefficient (Wildman–Crippen LogP) is 2.53. The van der Waals surface area contributed by atoms with Gasteiger partial charge in [-0.2, -0.15) is 0 Å². The van der Waals surface area contributed by atoms with Gasteiger partial charge in [0.15, 0.2) is 0 Å². The number of hydrogen-bond donors (Lipinski definition) is 1. The second kappa shape index (κ2) is 5.45. The van der Waals surface area contributed by atoms with Crippen LogP contribution in [0.25, 0.3) is 0 Å². The minimum absolute atomic E-state index is 0.571. The molecule has 0 radical (unpaired) electrons. The molecule has 0 saturated heterocycles. The van der Waals surface area contributed by atoms with Crippen molar-refractivity contribution < 1.29 is 0 Å². The number of allylic oxidation sites excluding steroid dienone is 2. The Labute approximate surface area is 86.1 Å². The van der Waals surface area contributed by atoms with Gasteiger partial charge < -0.3 is 10.6 Å². The first-order valence-corrected chi connectivity index (χ1v) is 5.00. The van der Waals surface area contributed by atoms with Gasteiger partial charge >= 0.3 is 0 Å². The van der Waals surface area contributed by atoms with Gasteiger partial charge in [-0.05, 0) is 18.1 Å². The van der Waals surface area contributed by atoms with Crippen LogP contribution in [0.3, 0.4) is 0 Å². The summed E-state index contributed by atoms with van der Waals surface area (Å²) < 4.78 is 0. The lowest BCUT2D eigenvalue weighted by Crippen LogP contribution is -2.14. The molecule has 2 heteroatoms. The number of hydrogen-bond acceptors (Lipinski definition) is 2. The summed E-state index contributed by atoms with van der Waals surface area (Å²) in [4.78, 5) is 2.01. The van der Waals surface area contributed by atoms with Gasteiger partial charge in [0.2, 0.25) is 0 Å². The highest BCUT2D eigenvalue weighted by molar-refractivity contribution is 5.34. The van der Waals surface area contributed by atoms with Crippen LogP contribution in [0.1, 0.15) is 19.8 Å². The Bertz CT molecular complexity index is 285. The third-order valence-corrected chi connectivity index (χ3v) is 2.08. The summed E-state index contributed by atoms with van der Waals surface area (Å²) in [5.74, 6) is 0. The first kappa shape index (κ1) is 10.8. The van der Waals surface area contributed by atoms with Crippen LogP contribution in [0, 0.1) is 0 Å². The van der Waals surface area contributed by atoms with Crippen LogP contribution < -0.4 is 5.73 Å². The molecule has 0 spiro atoms. The minimum atomic E-state index is 0.571. The van der Waals surface area contributed by atoms with Gasteiger partial charge in [0.1, 0.15) is 0 Å². The second-order valence-electron chi connectivity index (χ2n) is 3.31. The highest BCUT2D eigenvalue weighted by atomic mass is 15.1. The predicted molar refractivity (Wildman–Crippen MR) is 61.3 cm³/mol. The van der Waals surface area contributed by atoms with Crippen molar-refractivity contribution in [3.05, 3.63) is 48.5 Å². The fraction of sp³-hybridized carbons (Fsp3) is 0.333. The van der Waals surface area contributed by atoms with E-state index < -0.39 is 0 Å². The Kier molecular flexibility index (Phi) is 4.20. The SMILES string of the molecule is C=C1C=CC(CN)=CN1/C=C\CCC. The Balaban J connectivity index is 2.63. The summed E-state index contributed by atoms with van der Waals surface area (Å²) in [5, 5.41) is 0. The first-order chi connectivity index (χ1) is 6.77. The van der Waals surface area contributed by atoms with Gasteiger partial charge in [-0.25, -0.2) is 0 Å². The Hall–Kier alpha value is -1.28. The van der Waals surface area contributed by atoms with Crippen LogP contribution >= 0.6 is 0 Å². The molecule has 0 bridgehead atoms. The summed E-state index contributed by atoms with van der Waals surface area (Å²) in [7, 11) is 0. The van der Waals surface area contributed by atoms with E-state index in [1.54, 1.807) is 0 Å². The third kappa shape index (κ3) is 2.89. The summed E-state index contributed by atoms with van der Waals surface area (Å²) in [6.07, 6.45) is 12.5. The van der Waals surface area contributed by atoms with Crippen LogP contribution in [-0.2, 0) is 0 Å². The van der Waals surface area contributed by atoms with Gasteiger partial charge in [-0.1, -0.05) is 32.1 Å². The molecule has 2 nitrogen and oxygen atoms in total. The van der Waals surface area contributed by atoms with E-state index in [0.29, 0.717) is 6.54 Å². The van der Waals surface area contributed by atoms with E-state index in [1.165, 1.54) is 6.42 Å². The van der Waals surface area contributed by atoms with Gasteiger partial charge in [0.05, 0.1) is 0 Å². The zero-order chi connectivity index (χ0) is 10.4. The van der Waals surface area contributed by atoms with Gasteiger partial charge in [-0.15, -0.1) is 0 Å². The number of rotatable bonds is 4. The molecule has 76 valence electrons. The van der Waals surface area contributed by atoms with Crippen molar-refractivity contribution >= 4 is 0 Å². The molecule has 0 aliphatic carbocycles. The van der Waals surface area contributed by atoms with Gasteiger partial charge in [-0.3, -0.25) is 0 Å². The zero-order valence-electron chi connectivity index (χ0n) is 8.74. The Morgan fingerprint density at radius 1 is 1.50 bits per heavy atom. The summed E-state index contributed by atoms with van der Waals surface area (Å²) >= 11 is 0. The molecule has 2 N–H and O–H groups in total. The number of unbranched alkanes of at least 4 members (excludes halogenated alkanes) is 1. The molecule has 0 atom stereocenters. The average Bonchev–Trinajstić information content (AvgIpc) is 2.21. The summed E-state index contributed by atoms with van der Waals surface area (Å²) in [5.41, 5.74) is 7.67. The molecule has 0 saturated carbocycles. The van der Waals surface area contributed by atoms with Crippen molar-refractivity contribution in [2.75, 3.05) is 6.54 Å². The molecular formula is C12H18N2.